The summed E-state index contributed by atoms with van der Waals surface area (Å²) >= 11 is 0. The molecule has 96 valence electrons. The third kappa shape index (κ3) is 13.3. The first-order chi connectivity index (χ1) is 7.23. The number of primary amides is 1. The molecule has 0 aromatic carbocycles. The molecule has 0 aliphatic carbocycles. The van der Waals surface area contributed by atoms with Crippen LogP contribution in [0, 0.1) is 5.92 Å². The van der Waals surface area contributed by atoms with Gasteiger partial charge in [-0.05, 0) is 13.3 Å². The monoisotopic (exact) mass is 273 g/mol. The van der Waals surface area contributed by atoms with Crippen molar-refractivity contribution in [1.29, 1.82) is 0 Å². The summed E-state index contributed by atoms with van der Waals surface area (Å²) in [6.07, 6.45) is 0.772. The quantitative estimate of drug-likeness (QED) is 0.382. The zero-order valence-corrected chi connectivity index (χ0v) is 12.3. The van der Waals surface area contributed by atoms with Crippen molar-refractivity contribution in [3.63, 3.8) is 0 Å². The minimum Gasteiger partial charge on any atom is -1.00 e. The van der Waals surface area contributed by atoms with E-state index in [2.05, 4.69) is 6.58 Å². The zero-order valence-electron chi connectivity index (χ0n) is 12.1. The van der Waals surface area contributed by atoms with E-state index in [0.29, 0.717) is 12.0 Å². The molecule has 7 heteroatoms. The summed E-state index contributed by atoms with van der Waals surface area (Å²) < 4.78 is 0. The van der Waals surface area contributed by atoms with Gasteiger partial charge in [0.05, 0.1) is 0 Å². The second kappa shape index (κ2) is 11.9. The van der Waals surface area contributed by atoms with Gasteiger partial charge in [-0.1, -0.05) is 19.9 Å². The van der Waals surface area contributed by atoms with E-state index < -0.39 is 23.8 Å². The van der Waals surface area contributed by atoms with Gasteiger partial charge in [0.1, 0.15) is 0 Å². The van der Waals surface area contributed by atoms with Gasteiger partial charge in [0.2, 0.25) is 5.91 Å². The van der Waals surface area contributed by atoms with Crippen molar-refractivity contribution >= 4 is 55.6 Å². The Balaban J connectivity index is -0.0000000646. The third-order valence-corrected chi connectivity index (χ3v) is 1.59. The van der Waals surface area contributed by atoms with Crippen LogP contribution in [-0.2, 0) is 14.4 Å². The van der Waals surface area contributed by atoms with Gasteiger partial charge in [0.15, 0.2) is 5.92 Å². The Hall–Kier alpha value is -0.590. The van der Waals surface area contributed by atoms with Gasteiger partial charge >= 0.3 is 49.7 Å². The average Bonchev–Trinajstić information content (AvgIpc) is 2.13. The van der Waals surface area contributed by atoms with Crippen LogP contribution in [0.15, 0.2) is 12.2 Å². The van der Waals surface area contributed by atoms with Crippen LogP contribution in [0.25, 0.3) is 0 Å². The number of rotatable bonds is 5. The van der Waals surface area contributed by atoms with E-state index >= 15 is 0 Å². The number of carboxylic acid groups (broad SMARTS) is 2. The van der Waals surface area contributed by atoms with Gasteiger partial charge in [0.25, 0.3) is 0 Å². The molecule has 0 aromatic heterocycles. The molecule has 0 fully saturated rings. The van der Waals surface area contributed by atoms with Crippen LogP contribution in [0.4, 0.5) is 0 Å². The topological polar surface area (TPSA) is 118 Å². The fourth-order valence-corrected chi connectivity index (χ4v) is 0.641. The number of carbonyl (C=O) groups excluding carboxylic acids is 1. The van der Waals surface area contributed by atoms with Crippen molar-refractivity contribution in [1.82, 2.24) is 0 Å². The average molecular weight is 273 g/mol. The third-order valence-electron chi connectivity index (χ3n) is 1.59. The number of hydrogen-bond donors (Lipinski definition) is 3. The van der Waals surface area contributed by atoms with Gasteiger partial charge in [-0.15, -0.1) is 0 Å². The van der Waals surface area contributed by atoms with E-state index in [0.717, 1.165) is 0 Å². The van der Waals surface area contributed by atoms with Crippen molar-refractivity contribution in [2.75, 3.05) is 0 Å². The number of hydrogen-bond acceptors (Lipinski definition) is 3. The Morgan fingerprint density at radius 1 is 1.29 bits per heavy atom. The van der Waals surface area contributed by atoms with Crippen molar-refractivity contribution in [3.05, 3.63) is 12.2 Å². The van der Waals surface area contributed by atoms with E-state index in [4.69, 9.17) is 15.9 Å². The molecule has 0 saturated carbocycles. The Bertz CT molecular complexity index is 274. The molecule has 6 nitrogen and oxygen atoms in total. The first-order valence-corrected chi connectivity index (χ1v) is 4.64. The molecule has 17 heavy (non-hydrogen) atoms. The molecule has 1 amide bonds. The largest absolute Gasteiger partial charge is 2.00 e. The summed E-state index contributed by atoms with van der Waals surface area (Å²) in [6, 6.07) is 0. The van der Waals surface area contributed by atoms with Crippen molar-refractivity contribution < 1.29 is 27.4 Å². The van der Waals surface area contributed by atoms with Crippen molar-refractivity contribution in [2.24, 2.45) is 11.7 Å². The Morgan fingerprint density at radius 3 is 1.65 bits per heavy atom. The molecule has 0 heterocycles. The predicted molar refractivity (Wildman–Crippen MR) is 65.7 cm³/mol. The number of carbonyl (C=O) groups is 3. The fraction of sp³-hybridized carbons (Fsp3) is 0.500. The SMILES string of the molecule is C=C(C)C(N)=O.CCCC(C(=O)O)C(=O)O.[Ca+2].[H-].[H-]. The normalized spacial score (nSPS) is 8.41. The summed E-state index contributed by atoms with van der Waals surface area (Å²) in [4.78, 5) is 30.1. The maximum atomic E-state index is 10.2. The van der Waals surface area contributed by atoms with Gasteiger partial charge in [-0.2, -0.15) is 0 Å². The first-order valence-electron chi connectivity index (χ1n) is 4.64. The van der Waals surface area contributed by atoms with Crippen LogP contribution in [0.2, 0.25) is 0 Å². The molecule has 0 rings (SSSR count). The van der Waals surface area contributed by atoms with E-state index in [-0.39, 0.29) is 47.0 Å². The Labute approximate surface area is 133 Å². The number of amides is 1. The summed E-state index contributed by atoms with van der Waals surface area (Å²) in [5, 5.41) is 16.6. The van der Waals surface area contributed by atoms with Crippen LogP contribution in [0.5, 0.6) is 0 Å². The van der Waals surface area contributed by atoms with Crippen LogP contribution in [0.1, 0.15) is 29.5 Å². The number of aliphatic carboxylic acids is 2. The van der Waals surface area contributed by atoms with E-state index in [1.807, 2.05) is 0 Å². The second-order valence-electron chi connectivity index (χ2n) is 3.16. The van der Waals surface area contributed by atoms with Crippen LogP contribution >= 0.6 is 0 Å². The molecule has 0 aromatic rings. The van der Waals surface area contributed by atoms with Crippen LogP contribution in [-0.4, -0.2) is 65.8 Å². The molecule has 0 atom stereocenters. The zero-order chi connectivity index (χ0) is 13.3. The molecule has 0 aliphatic heterocycles. The predicted octanol–water partition coefficient (Wildman–Crippen LogP) is 0.464. The first kappa shape index (κ1) is 21.7. The molecule has 0 saturated heterocycles. The smallest absolute Gasteiger partial charge is 1.00 e. The van der Waals surface area contributed by atoms with Crippen molar-refractivity contribution in [3.8, 4) is 0 Å². The Kier molecular flexibility index (Phi) is 15.1. The minimum absolute atomic E-state index is 0. The molecule has 0 spiro atoms. The van der Waals surface area contributed by atoms with Crippen LogP contribution < -0.4 is 5.73 Å². The summed E-state index contributed by atoms with van der Waals surface area (Å²) in [6.45, 7) is 6.60. The van der Waals surface area contributed by atoms with Gasteiger partial charge < -0.3 is 18.8 Å². The Morgan fingerprint density at radius 2 is 1.59 bits per heavy atom. The van der Waals surface area contributed by atoms with Gasteiger partial charge in [-0.3, -0.25) is 14.4 Å². The molecule has 0 aliphatic rings. The molecular weight excluding hydrogens is 254 g/mol. The van der Waals surface area contributed by atoms with E-state index in [9.17, 15) is 14.4 Å². The molecular formula is C10H19CaNO5. The minimum atomic E-state index is -1.26. The molecule has 0 radical (unpaired) electrons. The standard InChI is InChI=1S/C6H10O4.C4H7NO.Ca.2H/c1-2-3-4(5(7)8)6(9)10;1-3(2)4(5)6;;;/h4H,2-3H2,1H3,(H,7,8)(H,9,10);1H2,2H3,(H2,5,6);;;/q;;+2;2*-1. The van der Waals surface area contributed by atoms with E-state index in [1.54, 1.807) is 13.8 Å². The number of nitrogens with two attached hydrogens (primary N) is 1. The summed E-state index contributed by atoms with van der Waals surface area (Å²) in [5.41, 5.74) is 5.09. The van der Waals surface area contributed by atoms with Gasteiger partial charge in [0, 0.05) is 5.57 Å². The second-order valence-corrected chi connectivity index (χ2v) is 3.16. The maximum Gasteiger partial charge on any atom is 2.00 e. The molecule has 0 bridgehead atoms. The van der Waals surface area contributed by atoms with E-state index in [1.165, 1.54) is 0 Å². The fourth-order valence-electron chi connectivity index (χ4n) is 0.641. The van der Waals surface area contributed by atoms with Crippen LogP contribution in [0.3, 0.4) is 0 Å². The molecule has 0 unspecified atom stereocenters. The van der Waals surface area contributed by atoms with Gasteiger partial charge in [-0.25, -0.2) is 0 Å². The molecule has 4 N–H and O–H groups in total. The number of carboxylic acids is 2. The summed E-state index contributed by atoms with van der Waals surface area (Å²) in [7, 11) is 0. The summed E-state index contributed by atoms with van der Waals surface area (Å²) in [5.74, 6) is -4.18. The van der Waals surface area contributed by atoms with Crippen molar-refractivity contribution in [2.45, 2.75) is 26.7 Å². The maximum absolute atomic E-state index is 10.2.